The predicted octanol–water partition coefficient (Wildman–Crippen LogP) is 1.45. The van der Waals surface area contributed by atoms with Crippen molar-refractivity contribution in [3.05, 3.63) is 29.8 Å². The smallest absolute Gasteiger partial charge is 0.118 e. The average molecular weight is 211 g/mol. The third-order valence-corrected chi connectivity index (χ3v) is 3.24. The molecule has 1 aromatic rings. The summed E-state index contributed by atoms with van der Waals surface area (Å²) in [5.74, 6) is 0. The van der Waals surface area contributed by atoms with Crippen LogP contribution in [-0.4, -0.2) is 29.2 Å². The highest BCUT2D eigenvalue weighted by Crippen LogP contribution is 2.28. The molecule has 0 aromatic heterocycles. The van der Waals surface area contributed by atoms with E-state index in [-0.39, 0.29) is 0 Å². The Labute approximate surface area is 88.1 Å². The second kappa shape index (κ2) is 3.82. The van der Waals surface area contributed by atoms with Gasteiger partial charge >= 0.3 is 0 Å². The highest BCUT2D eigenvalue weighted by atomic mass is 35.5. The monoisotopic (exact) mass is 210 g/mol. The van der Waals surface area contributed by atoms with Crippen molar-refractivity contribution in [1.82, 2.24) is 4.90 Å². The summed E-state index contributed by atoms with van der Waals surface area (Å²) in [5, 5.41) is 1.04. The van der Waals surface area contributed by atoms with E-state index in [1.54, 1.807) is 0 Å². The van der Waals surface area contributed by atoms with Crippen LogP contribution in [0.1, 0.15) is 12.5 Å². The van der Waals surface area contributed by atoms with E-state index in [4.69, 9.17) is 11.6 Å². The molecule has 0 heterocycles. The normalized spacial score (nSPS) is 15.8. The van der Waals surface area contributed by atoms with Crippen LogP contribution in [0.15, 0.2) is 24.3 Å². The number of hydrogen-bond acceptors (Lipinski definition) is 1. The summed E-state index contributed by atoms with van der Waals surface area (Å²) in [6.07, 6.45) is 0. The van der Waals surface area contributed by atoms with Crippen LogP contribution in [-0.2, 0) is 5.00 Å². The zero-order valence-corrected chi connectivity index (χ0v) is 9.89. The first-order chi connectivity index (χ1) is 5.96. The lowest BCUT2D eigenvalue weighted by Gasteiger charge is -2.31. The minimum atomic E-state index is -0.460. The van der Waals surface area contributed by atoms with Crippen molar-refractivity contribution >= 4 is 27.0 Å². The van der Waals surface area contributed by atoms with Crippen LogP contribution in [0.25, 0.3) is 0 Å². The number of alkyl halides is 1. The minimum Gasteiger partial charge on any atom is -0.288 e. The van der Waals surface area contributed by atoms with E-state index < -0.39 is 5.00 Å². The molecule has 0 aliphatic heterocycles. The zero-order chi connectivity index (χ0) is 10.1. The summed E-state index contributed by atoms with van der Waals surface area (Å²) in [6, 6.07) is 7.99. The van der Waals surface area contributed by atoms with Crippen LogP contribution in [0.4, 0.5) is 0 Å². The third kappa shape index (κ3) is 2.13. The van der Waals surface area contributed by atoms with Crippen molar-refractivity contribution in [1.29, 1.82) is 0 Å². The van der Waals surface area contributed by atoms with E-state index in [1.807, 2.05) is 50.2 Å². The Morgan fingerprint density at radius 2 is 1.85 bits per heavy atom. The van der Waals surface area contributed by atoms with Crippen LogP contribution in [0, 0.1) is 0 Å². The summed E-state index contributed by atoms with van der Waals surface area (Å²) < 4.78 is 0. The van der Waals surface area contributed by atoms with Crippen molar-refractivity contribution in [2.24, 2.45) is 0 Å². The second-order valence-electron chi connectivity index (χ2n) is 3.39. The highest BCUT2D eigenvalue weighted by molar-refractivity contribution is 6.35. The van der Waals surface area contributed by atoms with E-state index in [2.05, 4.69) is 10.2 Å². The van der Waals surface area contributed by atoms with Gasteiger partial charge in [0, 0.05) is 0 Å². The quantitative estimate of drug-likeness (QED) is 0.406. The average Bonchev–Trinajstić information content (AvgIpc) is 2.04. The van der Waals surface area contributed by atoms with Gasteiger partial charge in [-0.3, -0.25) is 4.90 Å². The summed E-state index contributed by atoms with van der Waals surface area (Å²) in [6.45, 7) is 1.98. The molecule has 3 heteroatoms. The van der Waals surface area contributed by atoms with Crippen LogP contribution in [0.5, 0.6) is 0 Å². The van der Waals surface area contributed by atoms with Crippen molar-refractivity contribution in [2.45, 2.75) is 11.9 Å². The van der Waals surface area contributed by atoms with Crippen LogP contribution >= 0.6 is 11.6 Å². The second-order valence-corrected chi connectivity index (χ2v) is 4.67. The Morgan fingerprint density at radius 1 is 1.31 bits per heavy atom. The van der Waals surface area contributed by atoms with E-state index in [0.29, 0.717) is 0 Å². The topological polar surface area (TPSA) is 3.24 Å². The van der Waals surface area contributed by atoms with Gasteiger partial charge in [0.2, 0.25) is 0 Å². The highest BCUT2D eigenvalue weighted by Gasteiger charge is 2.26. The number of hydrogen-bond donors (Lipinski definition) is 0. The summed E-state index contributed by atoms with van der Waals surface area (Å²) >= 11 is 6.40. The Bertz CT molecular complexity index is 297. The van der Waals surface area contributed by atoms with Gasteiger partial charge in [-0.25, -0.2) is 0 Å². The Hall–Kier alpha value is -0.313. The summed E-state index contributed by atoms with van der Waals surface area (Å²) in [5.41, 5.74) is 1.08. The van der Waals surface area contributed by atoms with Gasteiger partial charge in [0.15, 0.2) is 0 Å². The van der Waals surface area contributed by atoms with Crippen LogP contribution < -0.4 is 5.19 Å². The van der Waals surface area contributed by atoms with E-state index >= 15 is 0 Å². The van der Waals surface area contributed by atoms with Gasteiger partial charge in [0.05, 0.1) is 10.2 Å². The first-order valence-electron chi connectivity index (χ1n) is 4.13. The van der Waals surface area contributed by atoms with Gasteiger partial charge in [-0.05, 0) is 26.6 Å². The van der Waals surface area contributed by atoms with Gasteiger partial charge in [0.25, 0.3) is 0 Å². The molecule has 1 unspecified atom stereocenters. The summed E-state index contributed by atoms with van der Waals surface area (Å²) in [7, 11) is 7.47. The lowest BCUT2D eigenvalue weighted by molar-refractivity contribution is 0.275. The number of benzene rings is 1. The van der Waals surface area contributed by atoms with E-state index in [0.717, 1.165) is 10.8 Å². The maximum atomic E-state index is 6.40. The van der Waals surface area contributed by atoms with Gasteiger partial charge < -0.3 is 0 Å². The molecule has 13 heavy (non-hydrogen) atoms. The molecule has 0 saturated carbocycles. The van der Waals surface area contributed by atoms with Crippen molar-refractivity contribution in [3.8, 4) is 0 Å². The molecular formula is C10H13ClNSi. The predicted molar refractivity (Wildman–Crippen MR) is 58.7 cm³/mol. The molecule has 1 rings (SSSR count). The van der Waals surface area contributed by atoms with Gasteiger partial charge in [-0.15, -0.1) is 0 Å². The van der Waals surface area contributed by atoms with Crippen molar-refractivity contribution in [2.75, 3.05) is 14.1 Å². The number of nitrogens with zero attached hydrogens (tertiary/aromatic N) is 1. The van der Waals surface area contributed by atoms with Crippen LogP contribution in [0.2, 0.25) is 0 Å². The molecule has 0 amide bonds. The van der Waals surface area contributed by atoms with Gasteiger partial charge in [0.1, 0.15) is 5.00 Å². The van der Waals surface area contributed by atoms with Crippen molar-refractivity contribution in [3.63, 3.8) is 0 Å². The Morgan fingerprint density at radius 3 is 2.31 bits per heavy atom. The largest absolute Gasteiger partial charge is 0.288 e. The molecular weight excluding hydrogens is 198 g/mol. The van der Waals surface area contributed by atoms with E-state index in [9.17, 15) is 0 Å². The Balaban J connectivity index is 3.14. The van der Waals surface area contributed by atoms with Crippen molar-refractivity contribution < 1.29 is 0 Å². The number of halogens is 1. The molecule has 1 atom stereocenters. The first-order valence-corrected chi connectivity index (χ1v) is 5.01. The molecule has 1 aromatic carbocycles. The molecule has 1 nitrogen and oxygen atoms in total. The fourth-order valence-electron chi connectivity index (χ4n) is 1.12. The third-order valence-electron chi connectivity index (χ3n) is 2.26. The molecule has 0 spiro atoms. The summed E-state index contributed by atoms with van der Waals surface area (Å²) in [4.78, 5) is 1.52. The molecule has 0 N–H and O–H groups in total. The maximum Gasteiger partial charge on any atom is 0.118 e. The molecule has 69 valence electrons. The fourth-order valence-corrected chi connectivity index (χ4v) is 1.79. The first kappa shape index (κ1) is 10.8. The molecule has 0 aliphatic rings. The van der Waals surface area contributed by atoms with Crippen LogP contribution in [0.3, 0.4) is 0 Å². The SMILES string of the molecule is CN(C)C(C)(Cl)c1ccccc1[Si]. The molecule has 0 bridgehead atoms. The van der Waals surface area contributed by atoms with Gasteiger partial charge in [-0.1, -0.05) is 41.1 Å². The molecule has 0 aliphatic carbocycles. The fraction of sp³-hybridized carbons (Fsp3) is 0.400. The Kier molecular flexibility index (Phi) is 3.17. The molecule has 0 fully saturated rings. The maximum absolute atomic E-state index is 6.40. The van der Waals surface area contributed by atoms with E-state index in [1.165, 1.54) is 0 Å². The molecule has 3 radical (unpaired) electrons. The number of rotatable bonds is 2. The molecule has 0 saturated heterocycles. The lowest BCUT2D eigenvalue weighted by Crippen LogP contribution is -2.37. The standard InChI is InChI=1S/C10H13ClNSi/c1-10(11,12(2)3)8-6-4-5-7-9(8)13/h4-7H,1-3H3. The zero-order valence-electron chi connectivity index (χ0n) is 8.13. The van der Waals surface area contributed by atoms with Gasteiger partial charge in [-0.2, -0.15) is 0 Å². The lowest BCUT2D eigenvalue weighted by atomic mass is 10.1. The minimum absolute atomic E-state index is 0.460.